The molecule has 5 aromatic rings. The maximum atomic E-state index is 15.2. The van der Waals surface area contributed by atoms with E-state index in [1.807, 2.05) is 55.5 Å². The SMILES string of the molecule is C#CC.C/C=C\C(=C(/C)F)c1cc2ccccc2c(-c2c(CBr)c(-c3ccccc3F)cc3ccccc23)c1CBr. The third-order valence-electron chi connectivity index (χ3n) is 6.99. The summed E-state index contributed by atoms with van der Waals surface area (Å²) in [4.78, 5) is 0. The highest BCUT2D eigenvalue weighted by molar-refractivity contribution is 9.08. The number of rotatable bonds is 6. The molecule has 0 aliphatic heterocycles. The third-order valence-corrected chi connectivity index (χ3v) is 8.11. The smallest absolute Gasteiger partial charge is 0.131 e. The van der Waals surface area contributed by atoms with Crippen LogP contribution in [-0.4, -0.2) is 0 Å². The average Bonchev–Trinajstić information content (AvgIpc) is 2.98. The first-order chi connectivity index (χ1) is 19.9. The van der Waals surface area contributed by atoms with Gasteiger partial charge in [-0.15, -0.1) is 12.3 Å². The second-order valence-electron chi connectivity index (χ2n) is 9.48. The van der Waals surface area contributed by atoms with Gasteiger partial charge in [0.25, 0.3) is 0 Å². The zero-order chi connectivity index (χ0) is 29.5. The molecule has 5 rings (SSSR count). The number of terminal acetylenes is 1. The van der Waals surface area contributed by atoms with E-state index in [0.29, 0.717) is 21.8 Å². The molecule has 0 heterocycles. The Morgan fingerprint density at radius 3 is 1.85 bits per heavy atom. The summed E-state index contributed by atoms with van der Waals surface area (Å²) in [5.74, 6) is 1.75. The van der Waals surface area contributed by atoms with Gasteiger partial charge >= 0.3 is 0 Å². The molecule has 0 fully saturated rings. The molecular weight excluding hydrogens is 642 g/mol. The standard InChI is InChI=1S/C34H26Br2F2.C3H4/c1-3-10-24(21(2)37)28-17-22-11-4-6-13-25(22)33(30(28)19-35)34-26-14-7-5-12-23(26)18-29(31(34)20-36)27-15-8-9-16-32(27)38;1-3-2/h3-18H,19-20H2,1-2H3;1H,2H3/b10-3-,24-21-;. The first-order valence-corrected chi connectivity index (χ1v) is 15.5. The fourth-order valence-corrected chi connectivity index (χ4v) is 6.51. The van der Waals surface area contributed by atoms with Crippen LogP contribution in [0.2, 0.25) is 0 Å². The van der Waals surface area contributed by atoms with E-state index < -0.39 is 0 Å². The minimum Gasteiger partial charge on any atom is -0.211 e. The molecule has 0 saturated carbocycles. The van der Waals surface area contributed by atoms with Crippen molar-refractivity contribution < 1.29 is 8.78 Å². The van der Waals surface area contributed by atoms with Gasteiger partial charge in [0.15, 0.2) is 0 Å². The zero-order valence-electron chi connectivity index (χ0n) is 23.2. The highest BCUT2D eigenvalue weighted by atomic mass is 79.9. The van der Waals surface area contributed by atoms with Gasteiger partial charge < -0.3 is 0 Å². The van der Waals surface area contributed by atoms with Crippen LogP contribution in [0.4, 0.5) is 8.78 Å². The second-order valence-corrected chi connectivity index (χ2v) is 10.6. The summed E-state index contributed by atoms with van der Waals surface area (Å²) in [6, 6.07) is 27.5. The molecule has 0 radical (unpaired) electrons. The molecular formula is C37H30Br2F2. The minimum absolute atomic E-state index is 0.239. The molecule has 0 spiro atoms. The predicted molar refractivity (Wildman–Crippen MR) is 181 cm³/mol. The fourth-order valence-electron chi connectivity index (χ4n) is 5.35. The summed E-state index contributed by atoms with van der Waals surface area (Å²) < 4.78 is 30.2. The van der Waals surface area contributed by atoms with Gasteiger partial charge in [-0.1, -0.05) is 111 Å². The van der Waals surface area contributed by atoms with E-state index in [-0.39, 0.29) is 11.6 Å². The zero-order valence-corrected chi connectivity index (χ0v) is 26.4. The van der Waals surface area contributed by atoms with Crippen molar-refractivity contribution >= 4 is 59.0 Å². The molecule has 0 unspecified atom stereocenters. The summed E-state index contributed by atoms with van der Waals surface area (Å²) in [5.41, 5.74) is 6.85. The summed E-state index contributed by atoms with van der Waals surface area (Å²) >= 11 is 7.51. The van der Waals surface area contributed by atoms with Gasteiger partial charge in [0.2, 0.25) is 0 Å². The number of allylic oxidation sites excluding steroid dienone is 4. The Kier molecular flexibility index (Phi) is 10.3. The number of hydrogen-bond donors (Lipinski definition) is 0. The largest absolute Gasteiger partial charge is 0.211 e. The Bertz CT molecular complexity index is 1820. The topological polar surface area (TPSA) is 0 Å². The third kappa shape index (κ3) is 6.08. The normalized spacial score (nSPS) is 11.8. The Hall–Kier alpha value is -3.52. The van der Waals surface area contributed by atoms with Crippen LogP contribution in [0.25, 0.3) is 49.4 Å². The molecule has 206 valence electrons. The van der Waals surface area contributed by atoms with Crippen molar-refractivity contribution in [3.05, 3.63) is 125 Å². The molecule has 41 heavy (non-hydrogen) atoms. The van der Waals surface area contributed by atoms with E-state index in [2.05, 4.69) is 80.6 Å². The maximum absolute atomic E-state index is 15.2. The average molecular weight is 672 g/mol. The molecule has 4 heteroatoms. The van der Waals surface area contributed by atoms with Crippen molar-refractivity contribution in [3.8, 4) is 34.6 Å². The lowest BCUT2D eigenvalue weighted by Crippen LogP contribution is -2.01. The molecule has 0 saturated heterocycles. The minimum atomic E-state index is -0.262. The van der Waals surface area contributed by atoms with Gasteiger partial charge in [0.1, 0.15) is 11.6 Å². The predicted octanol–water partition coefficient (Wildman–Crippen LogP) is 12.2. The lowest BCUT2D eigenvalue weighted by atomic mass is 9.82. The number of halogens is 4. The molecule has 0 aliphatic carbocycles. The highest BCUT2D eigenvalue weighted by Gasteiger charge is 2.23. The van der Waals surface area contributed by atoms with Crippen LogP contribution in [0.5, 0.6) is 0 Å². The van der Waals surface area contributed by atoms with Crippen LogP contribution in [0.15, 0.2) is 103 Å². The second kappa shape index (κ2) is 13.9. The van der Waals surface area contributed by atoms with Crippen molar-refractivity contribution in [2.45, 2.75) is 31.4 Å². The van der Waals surface area contributed by atoms with Gasteiger partial charge in [-0.3, -0.25) is 0 Å². The lowest BCUT2D eigenvalue weighted by Gasteiger charge is -2.23. The molecule has 0 aromatic heterocycles. The van der Waals surface area contributed by atoms with Crippen molar-refractivity contribution in [2.75, 3.05) is 0 Å². The van der Waals surface area contributed by atoms with Crippen LogP contribution in [0, 0.1) is 18.2 Å². The molecule has 0 N–H and O–H groups in total. The monoisotopic (exact) mass is 670 g/mol. The van der Waals surface area contributed by atoms with Crippen LogP contribution in [-0.2, 0) is 10.7 Å². The van der Waals surface area contributed by atoms with Gasteiger partial charge in [-0.05, 0) is 93.9 Å². The summed E-state index contributed by atoms with van der Waals surface area (Å²) in [5, 5.41) is 5.23. The summed E-state index contributed by atoms with van der Waals surface area (Å²) in [6.07, 6.45) is 8.29. The Balaban J connectivity index is 0.00000124. The molecule has 0 atom stereocenters. The molecule has 5 aromatic carbocycles. The van der Waals surface area contributed by atoms with Crippen molar-refractivity contribution in [1.82, 2.24) is 0 Å². The highest BCUT2D eigenvalue weighted by Crippen LogP contribution is 2.47. The molecule has 0 nitrogen and oxygen atoms in total. The Morgan fingerprint density at radius 1 is 0.805 bits per heavy atom. The lowest BCUT2D eigenvalue weighted by molar-refractivity contribution is 0.631. The van der Waals surface area contributed by atoms with Gasteiger partial charge in [0.05, 0.1) is 0 Å². The first-order valence-electron chi connectivity index (χ1n) is 13.2. The quantitative estimate of drug-likeness (QED) is 0.0957. The number of fused-ring (bicyclic) bond motifs is 2. The molecule has 0 amide bonds. The molecule has 0 aliphatic rings. The van der Waals surface area contributed by atoms with Crippen molar-refractivity contribution in [2.24, 2.45) is 0 Å². The van der Waals surface area contributed by atoms with Gasteiger partial charge in [-0.25, -0.2) is 8.78 Å². The summed E-state index contributed by atoms with van der Waals surface area (Å²) in [7, 11) is 0. The van der Waals surface area contributed by atoms with Crippen molar-refractivity contribution in [3.63, 3.8) is 0 Å². The van der Waals surface area contributed by atoms with Gasteiger partial charge in [-0.2, -0.15) is 0 Å². The van der Waals surface area contributed by atoms with Crippen molar-refractivity contribution in [1.29, 1.82) is 0 Å². The fraction of sp³-hybridized carbons (Fsp3) is 0.135. The van der Waals surface area contributed by atoms with E-state index in [9.17, 15) is 4.39 Å². The van der Waals surface area contributed by atoms with Gasteiger partial charge in [0, 0.05) is 21.8 Å². The van der Waals surface area contributed by atoms with E-state index in [0.717, 1.165) is 54.9 Å². The number of benzene rings is 5. The number of alkyl halides is 2. The van der Waals surface area contributed by atoms with E-state index >= 15 is 4.39 Å². The Labute approximate surface area is 258 Å². The molecule has 0 bridgehead atoms. The number of hydrogen-bond acceptors (Lipinski definition) is 0. The van der Waals surface area contributed by atoms with Crippen LogP contribution in [0.3, 0.4) is 0 Å². The first kappa shape index (κ1) is 30.4. The maximum Gasteiger partial charge on any atom is 0.131 e. The van der Waals surface area contributed by atoms with E-state index in [1.165, 1.54) is 13.0 Å². The Morgan fingerprint density at radius 2 is 1.32 bits per heavy atom. The van der Waals surface area contributed by atoms with Crippen LogP contribution < -0.4 is 0 Å². The summed E-state index contributed by atoms with van der Waals surface area (Å²) in [6.45, 7) is 5.05. The van der Waals surface area contributed by atoms with E-state index in [4.69, 9.17) is 0 Å². The van der Waals surface area contributed by atoms with E-state index in [1.54, 1.807) is 13.0 Å². The van der Waals surface area contributed by atoms with Crippen LogP contribution in [0.1, 0.15) is 37.5 Å². The van der Waals surface area contributed by atoms with Crippen LogP contribution >= 0.6 is 31.9 Å².